The zero-order valence-electron chi connectivity index (χ0n) is 17.3. The number of sulfonamides is 1. The zero-order valence-corrected chi connectivity index (χ0v) is 18.1. The van der Waals surface area contributed by atoms with Gasteiger partial charge in [0, 0.05) is 18.7 Å². The van der Waals surface area contributed by atoms with Gasteiger partial charge in [0.2, 0.25) is 15.9 Å². The SMILES string of the molecule is CC(C)(C)c1ccc(S(=O)(=O)NCCC(=O)Nc2ccc(OCC(N)=O)cc2)cc1. The van der Waals surface area contributed by atoms with E-state index in [0.29, 0.717) is 11.4 Å². The highest BCUT2D eigenvalue weighted by atomic mass is 32.2. The molecule has 0 atom stereocenters. The van der Waals surface area contributed by atoms with Crippen LogP contribution < -0.4 is 20.5 Å². The lowest BCUT2D eigenvalue weighted by Gasteiger charge is -2.19. The molecule has 0 aliphatic carbocycles. The number of benzene rings is 2. The van der Waals surface area contributed by atoms with E-state index in [0.717, 1.165) is 5.56 Å². The lowest BCUT2D eigenvalue weighted by molar-refractivity contribution is -0.120. The number of anilines is 1. The second-order valence-electron chi connectivity index (χ2n) is 7.75. The summed E-state index contributed by atoms with van der Waals surface area (Å²) >= 11 is 0. The Morgan fingerprint density at radius 3 is 2.13 bits per heavy atom. The fourth-order valence-electron chi connectivity index (χ4n) is 2.53. The van der Waals surface area contributed by atoms with Crippen molar-refractivity contribution in [3.63, 3.8) is 0 Å². The van der Waals surface area contributed by atoms with Crippen LogP contribution in [0.4, 0.5) is 5.69 Å². The number of ether oxygens (including phenoxy) is 1. The molecule has 0 saturated carbocycles. The molecule has 0 heterocycles. The van der Waals surface area contributed by atoms with E-state index < -0.39 is 15.9 Å². The van der Waals surface area contributed by atoms with E-state index >= 15 is 0 Å². The summed E-state index contributed by atoms with van der Waals surface area (Å²) in [4.78, 5) is 22.9. The first-order valence-corrected chi connectivity index (χ1v) is 10.9. The Hall–Kier alpha value is -2.91. The third kappa shape index (κ3) is 7.16. The maximum absolute atomic E-state index is 12.4. The summed E-state index contributed by atoms with van der Waals surface area (Å²) in [5.74, 6) is -0.483. The van der Waals surface area contributed by atoms with Crippen LogP contribution in [0.25, 0.3) is 0 Å². The van der Waals surface area contributed by atoms with Gasteiger partial charge in [-0.1, -0.05) is 32.9 Å². The van der Waals surface area contributed by atoms with Crippen LogP contribution in [0.3, 0.4) is 0 Å². The summed E-state index contributed by atoms with van der Waals surface area (Å²) in [5, 5.41) is 2.66. The predicted octanol–water partition coefficient (Wildman–Crippen LogP) is 2.16. The summed E-state index contributed by atoms with van der Waals surface area (Å²) in [6.07, 6.45) is -0.0285. The number of nitrogens with one attached hydrogen (secondary N) is 2. The van der Waals surface area contributed by atoms with Gasteiger partial charge in [-0.3, -0.25) is 9.59 Å². The standard InChI is InChI=1S/C21H27N3O5S/c1-21(2,3)15-4-10-18(11-5-15)30(27,28)23-13-12-20(26)24-16-6-8-17(9-7-16)29-14-19(22)25/h4-11,23H,12-14H2,1-3H3,(H2,22,25)(H,24,26). The molecule has 4 N–H and O–H groups in total. The van der Waals surface area contributed by atoms with Crippen LogP contribution >= 0.6 is 0 Å². The smallest absolute Gasteiger partial charge is 0.255 e. The fraction of sp³-hybridized carbons (Fsp3) is 0.333. The fourth-order valence-corrected chi connectivity index (χ4v) is 3.56. The molecule has 0 bridgehead atoms. The molecule has 0 aromatic heterocycles. The molecular weight excluding hydrogens is 406 g/mol. The van der Waals surface area contributed by atoms with Gasteiger partial charge in [-0.05, 0) is 47.4 Å². The van der Waals surface area contributed by atoms with Gasteiger partial charge in [-0.25, -0.2) is 13.1 Å². The second-order valence-corrected chi connectivity index (χ2v) is 9.52. The minimum atomic E-state index is -3.69. The van der Waals surface area contributed by atoms with Crippen LogP contribution in [0.2, 0.25) is 0 Å². The van der Waals surface area contributed by atoms with Crippen LogP contribution in [-0.4, -0.2) is 33.4 Å². The van der Waals surface area contributed by atoms with E-state index in [1.54, 1.807) is 48.5 Å². The Kier molecular flexibility index (Phi) is 7.58. The molecule has 2 aromatic rings. The molecular formula is C21H27N3O5S. The van der Waals surface area contributed by atoms with Crippen molar-refractivity contribution < 1.29 is 22.7 Å². The van der Waals surface area contributed by atoms with E-state index in [9.17, 15) is 18.0 Å². The Bertz CT molecular complexity index is 979. The van der Waals surface area contributed by atoms with Crippen molar-refractivity contribution in [1.82, 2.24) is 4.72 Å². The normalized spacial score (nSPS) is 11.7. The molecule has 2 aromatic carbocycles. The van der Waals surface area contributed by atoms with Crippen molar-refractivity contribution in [3.8, 4) is 5.75 Å². The summed E-state index contributed by atoms with van der Waals surface area (Å²) in [7, 11) is -3.69. The number of hydrogen-bond acceptors (Lipinski definition) is 5. The van der Waals surface area contributed by atoms with Gasteiger partial charge in [0.25, 0.3) is 5.91 Å². The van der Waals surface area contributed by atoms with E-state index in [1.807, 2.05) is 0 Å². The number of carbonyl (C=O) groups excluding carboxylic acids is 2. The van der Waals surface area contributed by atoms with Crippen molar-refractivity contribution in [2.45, 2.75) is 37.5 Å². The Morgan fingerprint density at radius 2 is 1.60 bits per heavy atom. The minimum absolute atomic E-state index is 0.0285. The third-order valence-corrected chi connectivity index (χ3v) is 5.67. The minimum Gasteiger partial charge on any atom is -0.484 e. The van der Waals surface area contributed by atoms with Gasteiger partial charge in [-0.15, -0.1) is 0 Å². The molecule has 0 radical (unpaired) electrons. The molecule has 9 heteroatoms. The average Bonchev–Trinajstić information content (AvgIpc) is 2.66. The molecule has 0 spiro atoms. The van der Waals surface area contributed by atoms with E-state index in [-0.39, 0.29) is 35.8 Å². The van der Waals surface area contributed by atoms with Crippen LogP contribution in [0.5, 0.6) is 5.75 Å². The Labute approximate surface area is 176 Å². The number of nitrogens with two attached hydrogens (primary N) is 1. The van der Waals surface area contributed by atoms with Gasteiger partial charge in [-0.2, -0.15) is 0 Å². The van der Waals surface area contributed by atoms with Crippen LogP contribution in [0.15, 0.2) is 53.4 Å². The molecule has 0 unspecified atom stereocenters. The summed E-state index contributed by atoms with van der Waals surface area (Å²) in [6, 6.07) is 13.1. The molecule has 162 valence electrons. The van der Waals surface area contributed by atoms with Crippen LogP contribution in [-0.2, 0) is 25.0 Å². The van der Waals surface area contributed by atoms with Crippen molar-refractivity contribution in [3.05, 3.63) is 54.1 Å². The largest absolute Gasteiger partial charge is 0.484 e. The van der Waals surface area contributed by atoms with Crippen molar-refractivity contribution in [1.29, 1.82) is 0 Å². The molecule has 30 heavy (non-hydrogen) atoms. The van der Waals surface area contributed by atoms with Gasteiger partial charge in [0.05, 0.1) is 4.90 Å². The molecule has 0 fully saturated rings. The number of carbonyl (C=O) groups is 2. The first-order chi connectivity index (χ1) is 14.0. The van der Waals surface area contributed by atoms with Gasteiger partial charge >= 0.3 is 0 Å². The summed E-state index contributed by atoms with van der Waals surface area (Å²) in [5.41, 5.74) is 6.49. The van der Waals surface area contributed by atoms with Gasteiger partial charge in [0.15, 0.2) is 6.61 Å². The second kappa shape index (κ2) is 9.73. The third-order valence-electron chi connectivity index (χ3n) is 4.19. The Morgan fingerprint density at radius 1 is 1.00 bits per heavy atom. The predicted molar refractivity (Wildman–Crippen MR) is 115 cm³/mol. The van der Waals surface area contributed by atoms with Crippen LogP contribution in [0.1, 0.15) is 32.8 Å². The first kappa shape index (κ1) is 23.4. The number of hydrogen-bond donors (Lipinski definition) is 3. The van der Waals surface area contributed by atoms with Gasteiger partial charge < -0.3 is 15.8 Å². The number of amides is 2. The summed E-state index contributed by atoms with van der Waals surface area (Å²) in [6.45, 7) is 5.89. The zero-order chi connectivity index (χ0) is 22.4. The molecule has 8 nitrogen and oxygen atoms in total. The average molecular weight is 434 g/mol. The van der Waals surface area contributed by atoms with E-state index in [2.05, 4.69) is 30.8 Å². The molecule has 2 rings (SSSR count). The molecule has 0 aliphatic heterocycles. The topological polar surface area (TPSA) is 128 Å². The van der Waals surface area contributed by atoms with E-state index in [4.69, 9.17) is 10.5 Å². The summed E-state index contributed by atoms with van der Waals surface area (Å²) < 4.78 is 32.3. The number of primary amides is 1. The monoisotopic (exact) mass is 433 g/mol. The van der Waals surface area contributed by atoms with Gasteiger partial charge in [0.1, 0.15) is 5.75 Å². The molecule has 2 amide bonds. The first-order valence-electron chi connectivity index (χ1n) is 9.38. The van der Waals surface area contributed by atoms with Crippen molar-refractivity contribution >= 4 is 27.5 Å². The van der Waals surface area contributed by atoms with E-state index in [1.165, 1.54) is 0 Å². The quantitative estimate of drug-likeness (QED) is 0.558. The van der Waals surface area contributed by atoms with Crippen molar-refractivity contribution in [2.24, 2.45) is 5.73 Å². The highest BCUT2D eigenvalue weighted by Crippen LogP contribution is 2.23. The number of rotatable bonds is 9. The maximum Gasteiger partial charge on any atom is 0.255 e. The molecule has 0 aliphatic rings. The van der Waals surface area contributed by atoms with Crippen molar-refractivity contribution in [2.75, 3.05) is 18.5 Å². The highest BCUT2D eigenvalue weighted by molar-refractivity contribution is 7.89. The maximum atomic E-state index is 12.4. The lowest BCUT2D eigenvalue weighted by Crippen LogP contribution is -2.28. The van der Waals surface area contributed by atoms with Crippen LogP contribution in [0, 0.1) is 0 Å². The molecule has 0 saturated heterocycles. The lowest BCUT2D eigenvalue weighted by atomic mass is 9.87. The highest BCUT2D eigenvalue weighted by Gasteiger charge is 2.17. The Balaban J connectivity index is 1.84.